The van der Waals surface area contributed by atoms with E-state index < -0.39 is 11.7 Å². The predicted octanol–water partition coefficient (Wildman–Crippen LogP) is 5.16. The number of halogens is 2. The minimum Gasteiger partial charge on any atom is -0.438 e. The second-order valence-corrected chi connectivity index (χ2v) is 7.95. The van der Waals surface area contributed by atoms with Gasteiger partial charge in [-0.2, -0.15) is 0 Å². The first-order valence-corrected chi connectivity index (χ1v) is 9.79. The Morgan fingerprint density at radius 3 is 2.44 bits per heavy atom. The first-order valence-electron chi connectivity index (χ1n) is 9.00. The number of hydrogen-bond donors (Lipinski definition) is 1. The molecule has 3 atom stereocenters. The zero-order valence-corrected chi connectivity index (χ0v) is 16.9. The van der Waals surface area contributed by atoms with E-state index in [1.54, 1.807) is 17.0 Å². The molecule has 0 bridgehead atoms. The van der Waals surface area contributed by atoms with Gasteiger partial charge < -0.3 is 9.84 Å². The first-order chi connectivity index (χ1) is 12.9. The maximum Gasteiger partial charge on any atom is 0.411 e. The number of carbonyl (C=O) groups is 1. The number of nitrogens with zero attached hydrogens (tertiary/aromatic N) is 1. The van der Waals surface area contributed by atoms with E-state index >= 15 is 0 Å². The highest BCUT2D eigenvalue weighted by atomic mass is 79.9. The van der Waals surface area contributed by atoms with E-state index in [-0.39, 0.29) is 30.9 Å². The second-order valence-electron chi connectivity index (χ2n) is 7.03. The Morgan fingerprint density at radius 1 is 1.26 bits per heavy atom. The molecule has 0 saturated carbocycles. The first kappa shape index (κ1) is 19.8. The lowest BCUT2D eigenvalue weighted by molar-refractivity contribution is -0.0900. The zero-order valence-electron chi connectivity index (χ0n) is 15.4. The fourth-order valence-electron chi connectivity index (χ4n) is 3.87. The molecule has 1 fully saturated rings. The number of hydrogen-bond acceptors (Lipinski definition) is 3. The quantitative estimate of drug-likeness (QED) is 0.705. The van der Waals surface area contributed by atoms with Crippen molar-refractivity contribution < 1.29 is 19.0 Å². The van der Waals surface area contributed by atoms with E-state index in [2.05, 4.69) is 15.9 Å². The zero-order chi connectivity index (χ0) is 19.6. The van der Waals surface area contributed by atoms with E-state index in [0.29, 0.717) is 12.0 Å². The van der Waals surface area contributed by atoms with E-state index in [4.69, 9.17) is 4.74 Å². The van der Waals surface area contributed by atoms with Gasteiger partial charge in [-0.1, -0.05) is 40.2 Å². The molecule has 1 saturated heterocycles. The topological polar surface area (TPSA) is 49.8 Å². The summed E-state index contributed by atoms with van der Waals surface area (Å²) in [5.41, 5.74) is 0.766. The van der Waals surface area contributed by atoms with Crippen molar-refractivity contribution in [3.05, 3.63) is 69.9 Å². The molecule has 1 aliphatic heterocycles. The van der Waals surface area contributed by atoms with Crippen LogP contribution in [0.15, 0.2) is 53.0 Å². The van der Waals surface area contributed by atoms with Gasteiger partial charge in [-0.25, -0.2) is 9.18 Å². The van der Waals surface area contributed by atoms with Gasteiger partial charge in [-0.05, 0) is 49.2 Å². The molecule has 3 unspecified atom stereocenters. The van der Waals surface area contributed by atoms with Crippen molar-refractivity contribution in [3.63, 3.8) is 0 Å². The molecular weight excluding hydrogens is 413 g/mol. The molecule has 1 amide bonds. The summed E-state index contributed by atoms with van der Waals surface area (Å²) < 4.78 is 20.2. The number of benzene rings is 2. The highest BCUT2D eigenvalue weighted by Crippen LogP contribution is 2.42. The van der Waals surface area contributed by atoms with Gasteiger partial charge in [0.1, 0.15) is 11.4 Å². The summed E-state index contributed by atoms with van der Waals surface area (Å²) in [6.07, 6.45) is 0.364. The Bertz CT molecular complexity index is 796. The summed E-state index contributed by atoms with van der Waals surface area (Å²) >= 11 is 3.42. The molecule has 0 radical (unpaired) electrons. The molecule has 2 aromatic rings. The van der Waals surface area contributed by atoms with Crippen LogP contribution in [-0.4, -0.2) is 28.7 Å². The third kappa shape index (κ3) is 4.01. The highest BCUT2D eigenvalue weighted by Gasteiger charge is 2.46. The van der Waals surface area contributed by atoms with Gasteiger partial charge in [0.25, 0.3) is 0 Å². The van der Waals surface area contributed by atoms with Crippen molar-refractivity contribution in [2.75, 3.05) is 6.61 Å². The van der Waals surface area contributed by atoms with Gasteiger partial charge in [0, 0.05) is 30.0 Å². The van der Waals surface area contributed by atoms with Crippen molar-refractivity contribution >= 4 is 22.0 Å². The number of ether oxygens (including phenoxy) is 1. The molecule has 6 heteroatoms. The summed E-state index contributed by atoms with van der Waals surface area (Å²) in [4.78, 5) is 14.7. The Balaban J connectivity index is 1.89. The lowest BCUT2D eigenvalue weighted by Gasteiger charge is -2.47. The number of carbonyl (C=O) groups excluding carboxylic acids is 1. The molecule has 1 heterocycles. The van der Waals surface area contributed by atoms with Crippen LogP contribution >= 0.6 is 15.9 Å². The molecule has 144 valence electrons. The maximum absolute atomic E-state index is 13.3. The molecule has 1 aliphatic rings. The Labute approximate surface area is 167 Å². The van der Waals surface area contributed by atoms with Gasteiger partial charge in [-0.15, -0.1) is 0 Å². The fourth-order valence-corrected chi connectivity index (χ4v) is 4.13. The van der Waals surface area contributed by atoms with Crippen molar-refractivity contribution in [3.8, 4) is 0 Å². The maximum atomic E-state index is 13.3. The van der Waals surface area contributed by atoms with Crippen molar-refractivity contribution in [2.45, 2.75) is 44.4 Å². The average molecular weight is 436 g/mol. The Kier molecular flexibility index (Phi) is 5.86. The third-order valence-corrected chi connectivity index (χ3v) is 5.78. The molecule has 27 heavy (non-hydrogen) atoms. The standard InChI is InChI=1S/C21H23BrFNO3/c1-14-13-21(11-12-25,17-5-9-19(23)10-6-17)27-20(26)24(14)15(2)16-3-7-18(22)8-4-16/h3-10,14-15,25H,11-13H2,1-2H3. The van der Waals surface area contributed by atoms with Crippen LogP contribution in [0.2, 0.25) is 0 Å². The predicted molar refractivity (Wildman–Crippen MR) is 105 cm³/mol. The van der Waals surface area contributed by atoms with Gasteiger partial charge in [-0.3, -0.25) is 4.90 Å². The van der Waals surface area contributed by atoms with Crippen LogP contribution in [0.3, 0.4) is 0 Å². The van der Waals surface area contributed by atoms with Crippen LogP contribution in [0, 0.1) is 5.82 Å². The summed E-state index contributed by atoms with van der Waals surface area (Å²) in [6, 6.07) is 13.5. The van der Waals surface area contributed by atoms with Crippen LogP contribution in [0.25, 0.3) is 0 Å². The largest absolute Gasteiger partial charge is 0.438 e. The molecular formula is C21H23BrFNO3. The van der Waals surface area contributed by atoms with Crippen molar-refractivity contribution in [1.82, 2.24) is 4.90 Å². The second kappa shape index (κ2) is 7.98. The van der Waals surface area contributed by atoms with E-state index in [1.807, 2.05) is 38.1 Å². The van der Waals surface area contributed by atoms with Crippen LogP contribution in [-0.2, 0) is 10.3 Å². The summed E-state index contributed by atoms with van der Waals surface area (Å²) in [7, 11) is 0. The molecule has 1 N–H and O–H groups in total. The van der Waals surface area contributed by atoms with E-state index in [9.17, 15) is 14.3 Å². The van der Waals surface area contributed by atoms with Crippen LogP contribution < -0.4 is 0 Å². The van der Waals surface area contributed by atoms with Crippen LogP contribution in [0.4, 0.5) is 9.18 Å². The van der Waals surface area contributed by atoms with Gasteiger partial charge >= 0.3 is 6.09 Å². The minimum absolute atomic E-state index is 0.110. The monoisotopic (exact) mass is 435 g/mol. The summed E-state index contributed by atoms with van der Waals surface area (Å²) in [5, 5.41) is 9.57. The molecule has 3 rings (SSSR count). The number of aliphatic hydroxyl groups excluding tert-OH is 1. The van der Waals surface area contributed by atoms with E-state index in [0.717, 1.165) is 10.0 Å². The Hall–Kier alpha value is -1.92. The third-order valence-electron chi connectivity index (χ3n) is 5.25. The van der Waals surface area contributed by atoms with Crippen LogP contribution in [0.5, 0.6) is 0 Å². The molecule has 0 spiro atoms. The molecule has 4 nitrogen and oxygen atoms in total. The number of rotatable bonds is 5. The van der Waals surface area contributed by atoms with Gasteiger partial charge in [0.05, 0.1) is 6.04 Å². The Morgan fingerprint density at radius 2 is 1.89 bits per heavy atom. The number of aliphatic hydroxyl groups is 1. The molecule has 0 aromatic heterocycles. The fraction of sp³-hybridized carbons (Fsp3) is 0.381. The minimum atomic E-state index is -0.950. The van der Waals surface area contributed by atoms with E-state index in [1.165, 1.54) is 12.1 Å². The summed E-state index contributed by atoms with van der Waals surface area (Å²) in [6.45, 7) is 3.82. The molecule has 0 aliphatic carbocycles. The SMILES string of the molecule is CC1CC(CCO)(c2ccc(F)cc2)OC(=O)N1C(C)c1ccc(Br)cc1. The highest BCUT2D eigenvalue weighted by molar-refractivity contribution is 9.10. The smallest absolute Gasteiger partial charge is 0.411 e. The van der Waals surface area contributed by atoms with Gasteiger partial charge in [0.15, 0.2) is 0 Å². The molecule has 2 aromatic carbocycles. The lowest BCUT2D eigenvalue weighted by Crippen LogP contribution is -2.53. The average Bonchev–Trinajstić information content (AvgIpc) is 2.62. The normalized spacial score (nSPS) is 23.8. The lowest BCUT2D eigenvalue weighted by atomic mass is 9.82. The van der Waals surface area contributed by atoms with Crippen LogP contribution in [0.1, 0.15) is 43.9 Å². The summed E-state index contributed by atoms with van der Waals surface area (Å²) in [5.74, 6) is -0.349. The van der Waals surface area contributed by atoms with Gasteiger partial charge in [0.2, 0.25) is 0 Å². The van der Waals surface area contributed by atoms with Crippen molar-refractivity contribution in [1.29, 1.82) is 0 Å². The van der Waals surface area contributed by atoms with Crippen molar-refractivity contribution in [2.24, 2.45) is 0 Å². The number of cyclic esters (lactones) is 1. The number of amides is 1.